The zero-order valence-electron chi connectivity index (χ0n) is 7.75. The summed E-state index contributed by atoms with van der Waals surface area (Å²) in [4.78, 5) is 0. The molecule has 0 spiro atoms. The van der Waals surface area contributed by atoms with Gasteiger partial charge in [0, 0.05) is 18.3 Å². The van der Waals surface area contributed by atoms with Crippen molar-refractivity contribution in [1.29, 1.82) is 5.41 Å². The van der Waals surface area contributed by atoms with Crippen molar-refractivity contribution in [1.82, 2.24) is 0 Å². The Hall–Kier alpha value is -1.57. The molecule has 0 saturated heterocycles. The molecule has 0 radical (unpaired) electrons. The van der Waals surface area contributed by atoms with Gasteiger partial charge in [0.1, 0.15) is 0 Å². The van der Waals surface area contributed by atoms with E-state index in [9.17, 15) is 0 Å². The molecular weight excluding hydrogens is 160 g/mol. The summed E-state index contributed by atoms with van der Waals surface area (Å²) in [5.41, 5.74) is 8.41. The van der Waals surface area contributed by atoms with Gasteiger partial charge in [0.25, 0.3) is 0 Å². The average molecular weight is 174 g/mol. The fourth-order valence-corrected chi connectivity index (χ4v) is 1.12. The predicted molar refractivity (Wildman–Crippen MR) is 55.8 cm³/mol. The van der Waals surface area contributed by atoms with Crippen LogP contribution in [0.2, 0.25) is 0 Å². The van der Waals surface area contributed by atoms with Crippen LogP contribution in [0.1, 0.15) is 12.5 Å². The van der Waals surface area contributed by atoms with Gasteiger partial charge in [-0.2, -0.15) is 0 Å². The van der Waals surface area contributed by atoms with Crippen LogP contribution in [-0.4, -0.2) is 6.21 Å². The quantitative estimate of drug-likeness (QED) is 0.677. The molecule has 1 rings (SSSR count). The molecule has 0 fully saturated rings. The second kappa shape index (κ2) is 4.45. The van der Waals surface area contributed by atoms with Crippen molar-refractivity contribution in [3.05, 3.63) is 47.2 Å². The third kappa shape index (κ3) is 2.75. The van der Waals surface area contributed by atoms with Crippen molar-refractivity contribution in [2.75, 3.05) is 0 Å². The minimum atomic E-state index is 0.721. The maximum absolute atomic E-state index is 7.18. The Kier molecular flexibility index (Phi) is 3.26. The summed E-state index contributed by atoms with van der Waals surface area (Å²) in [5, 5.41) is 7.18. The molecule has 0 unspecified atom stereocenters. The van der Waals surface area contributed by atoms with E-state index in [0.29, 0.717) is 0 Å². The maximum atomic E-state index is 7.18. The standard InChI is InChI=1S/C11H14N2/c1-9(13)11(8-12)7-10-5-3-2-4-6-10/h2-6,8,12H,7,13H2,1H3/b11-9-,12-8?. The van der Waals surface area contributed by atoms with Crippen LogP contribution in [0.25, 0.3) is 0 Å². The summed E-state index contributed by atoms with van der Waals surface area (Å²) in [6, 6.07) is 10.0. The number of rotatable bonds is 3. The molecule has 1 aromatic carbocycles. The number of allylic oxidation sites excluding steroid dienone is 2. The Morgan fingerprint density at radius 1 is 1.38 bits per heavy atom. The number of hydrogen-bond donors (Lipinski definition) is 2. The molecule has 0 atom stereocenters. The Bertz CT molecular complexity index is 308. The van der Waals surface area contributed by atoms with Crippen LogP contribution in [0.3, 0.4) is 0 Å². The topological polar surface area (TPSA) is 49.9 Å². The van der Waals surface area contributed by atoms with Gasteiger partial charge in [-0.3, -0.25) is 0 Å². The second-order valence-corrected chi connectivity index (χ2v) is 3.01. The number of hydrogen-bond acceptors (Lipinski definition) is 2. The van der Waals surface area contributed by atoms with Gasteiger partial charge in [-0.1, -0.05) is 30.3 Å². The highest BCUT2D eigenvalue weighted by atomic mass is 14.6. The number of nitrogens with two attached hydrogens (primary N) is 1. The molecule has 2 nitrogen and oxygen atoms in total. The van der Waals surface area contributed by atoms with Crippen LogP contribution in [0.15, 0.2) is 41.6 Å². The lowest BCUT2D eigenvalue weighted by Crippen LogP contribution is -2.02. The highest BCUT2D eigenvalue weighted by Crippen LogP contribution is 2.07. The van der Waals surface area contributed by atoms with E-state index >= 15 is 0 Å². The van der Waals surface area contributed by atoms with E-state index in [1.807, 2.05) is 37.3 Å². The lowest BCUT2D eigenvalue weighted by atomic mass is 10.0. The Morgan fingerprint density at radius 3 is 2.46 bits per heavy atom. The van der Waals surface area contributed by atoms with Gasteiger partial charge in [0.2, 0.25) is 0 Å². The smallest absolute Gasteiger partial charge is 0.0230 e. The Balaban J connectivity index is 2.80. The molecule has 0 aliphatic carbocycles. The molecule has 0 heterocycles. The highest BCUT2D eigenvalue weighted by molar-refractivity contribution is 5.77. The molecule has 13 heavy (non-hydrogen) atoms. The molecule has 0 aromatic heterocycles. The monoisotopic (exact) mass is 174 g/mol. The van der Waals surface area contributed by atoms with Gasteiger partial charge in [-0.15, -0.1) is 0 Å². The SMILES string of the molecule is C/C(N)=C(/C=N)Cc1ccccc1. The lowest BCUT2D eigenvalue weighted by Gasteiger charge is -2.03. The van der Waals surface area contributed by atoms with E-state index < -0.39 is 0 Å². The van der Waals surface area contributed by atoms with Crippen molar-refractivity contribution >= 4 is 6.21 Å². The average Bonchev–Trinajstić information content (AvgIpc) is 2.15. The van der Waals surface area contributed by atoms with E-state index in [2.05, 4.69) is 0 Å². The summed E-state index contributed by atoms with van der Waals surface area (Å²) in [6.07, 6.45) is 2.06. The zero-order valence-corrected chi connectivity index (χ0v) is 7.75. The van der Waals surface area contributed by atoms with E-state index in [1.165, 1.54) is 11.8 Å². The first-order valence-electron chi connectivity index (χ1n) is 4.23. The van der Waals surface area contributed by atoms with Crippen molar-refractivity contribution in [2.24, 2.45) is 5.73 Å². The fraction of sp³-hybridized carbons (Fsp3) is 0.182. The van der Waals surface area contributed by atoms with Crippen LogP contribution in [-0.2, 0) is 6.42 Å². The summed E-state index contributed by atoms with van der Waals surface area (Å²) in [7, 11) is 0. The van der Waals surface area contributed by atoms with Crippen LogP contribution in [0.5, 0.6) is 0 Å². The molecule has 3 N–H and O–H groups in total. The summed E-state index contributed by atoms with van der Waals surface area (Å²) in [6.45, 7) is 1.82. The minimum Gasteiger partial charge on any atom is -0.402 e. The molecule has 2 heteroatoms. The van der Waals surface area contributed by atoms with Gasteiger partial charge < -0.3 is 11.1 Å². The first-order valence-corrected chi connectivity index (χ1v) is 4.23. The zero-order chi connectivity index (χ0) is 9.68. The van der Waals surface area contributed by atoms with E-state index in [1.54, 1.807) is 0 Å². The van der Waals surface area contributed by atoms with E-state index in [4.69, 9.17) is 11.1 Å². The van der Waals surface area contributed by atoms with Gasteiger partial charge in [0.05, 0.1) is 0 Å². The Labute approximate surface area is 78.6 Å². The third-order valence-corrected chi connectivity index (χ3v) is 1.92. The van der Waals surface area contributed by atoms with Gasteiger partial charge in [-0.25, -0.2) is 0 Å². The van der Waals surface area contributed by atoms with Gasteiger partial charge >= 0.3 is 0 Å². The predicted octanol–water partition coefficient (Wildman–Crippen LogP) is 2.11. The molecule has 0 saturated carbocycles. The Morgan fingerprint density at radius 2 is 2.00 bits per heavy atom. The van der Waals surface area contributed by atoms with Crippen molar-refractivity contribution in [3.8, 4) is 0 Å². The summed E-state index contributed by atoms with van der Waals surface area (Å²) < 4.78 is 0. The van der Waals surface area contributed by atoms with Gasteiger partial charge in [0.15, 0.2) is 0 Å². The number of nitrogens with one attached hydrogen (secondary N) is 1. The van der Waals surface area contributed by atoms with Crippen LogP contribution in [0, 0.1) is 5.41 Å². The second-order valence-electron chi connectivity index (χ2n) is 3.01. The lowest BCUT2D eigenvalue weighted by molar-refractivity contribution is 1.14. The molecule has 0 aliphatic heterocycles. The summed E-state index contributed by atoms with van der Waals surface area (Å²) in [5.74, 6) is 0. The maximum Gasteiger partial charge on any atom is 0.0230 e. The third-order valence-electron chi connectivity index (χ3n) is 1.92. The first kappa shape index (κ1) is 9.52. The number of benzene rings is 1. The molecule has 0 amide bonds. The molecule has 1 aromatic rings. The first-order chi connectivity index (χ1) is 6.24. The van der Waals surface area contributed by atoms with Gasteiger partial charge in [-0.05, 0) is 18.1 Å². The molecule has 68 valence electrons. The van der Waals surface area contributed by atoms with E-state index in [-0.39, 0.29) is 0 Å². The fourth-order valence-electron chi connectivity index (χ4n) is 1.12. The van der Waals surface area contributed by atoms with Crippen molar-refractivity contribution in [2.45, 2.75) is 13.3 Å². The van der Waals surface area contributed by atoms with Crippen LogP contribution < -0.4 is 5.73 Å². The molecular formula is C11H14N2. The van der Waals surface area contributed by atoms with Crippen LogP contribution in [0.4, 0.5) is 0 Å². The van der Waals surface area contributed by atoms with E-state index in [0.717, 1.165) is 17.7 Å². The largest absolute Gasteiger partial charge is 0.402 e. The van der Waals surface area contributed by atoms with Crippen molar-refractivity contribution < 1.29 is 0 Å². The molecule has 0 bridgehead atoms. The normalized spacial score (nSPS) is 12.1. The molecule has 0 aliphatic rings. The highest BCUT2D eigenvalue weighted by Gasteiger charge is 1.97. The van der Waals surface area contributed by atoms with Crippen molar-refractivity contribution in [3.63, 3.8) is 0 Å². The summed E-state index contributed by atoms with van der Waals surface area (Å²) >= 11 is 0. The minimum absolute atomic E-state index is 0.721. The van der Waals surface area contributed by atoms with Crippen LogP contribution >= 0.6 is 0 Å².